The van der Waals surface area contributed by atoms with Crippen LogP contribution >= 0.6 is 23.2 Å². The largest absolute Gasteiger partial charge is 0.246 e. The van der Waals surface area contributed by atoms with E-state index in [0.717, 1.165) is 25.3 Å². The van der Waals surface area contributed by atoms with Crippen LogP contribution in [0, 0.1) is 5.82 Å². The zero-order valence-electron chi connectivity index (χ0n) is 10.2. The van der Waals surface area contributed by atoms with Crippen LogP contribution in [-0.2, 0) is 15.9 Å². The summed E-state index contributed by atoms with van der Waals surface area (Å²) in [5, 5.41) is 0.174. The van der Waals surface area contributed by atoms with E-state index in [1.165, 1.54) is 10.4 Å². The molecule has 0 atom stereocenters. The number of hydrogen-bond acceptors (Lipinski definition) is 2. The maximum absolute atomic E-state index is 14.2. The van der Waals surface area contributed by atoms with Gasteiger partial charge in [0, 0.05) is 23.7 Å². The van der Waals surface area contributed by atoms with Crippen molar-refractivity contribution >= 4 is 33.2 Å². The molecule has 0 aromatic heterocycles. The molecule has 7 heteroatoms. The van der Waals surface area contributed by atoms with Crippen LogP contribution in [0.4, 0.5) is 4.39 Å². The number of piperidine rings is 1. The van der Waals surface area contributed by atoms with E-state index in [1.807, 2.05) is 0 Å². The van der Waals surface area contributed by atoms with Crippen LogP contribution in [0.15, 0.2) is 17.0 Å². The van der Waals surface area contributed by atoms with E-state index in [1.54, 1.807) is 0 Å². The average molecular weight is 326 g/mol. The number of sulfonamides is 1. The highest BCUT2D eigenvalue weighted by Gasteiger charge is 2.30. The van der Waals surface area contributed by atoms with Gasteiger partial charge >= 0.3 is 0 Å². The Morgan fingerprint density at radius 3 is 2.42 bits per heavy atom. The van der Waals surface area contributed by atoms with E-state index < -0.39 is 15.8 Å². The predicted octanol–water partition coefficient (Wildman–Crippen LogP) is 3.39. The molecule has 1 heterocycles. The standard InChI is InChI=1S/C12H14Cl2FNO2S/c13-8-9-6-10(14)7-11(12(9)15)19(17,18)16-4-2-1-3-5-16/h6-7H,1-5,8H2. The number of nitrogens with zero attached hydrogens (tertiary/aromatic N) is 1. The normalized spacial score (nSPS) is 17.6. The minimum absolute atomic E-state index is 0.102. The second-order valence-corrected chi connectivity index (χ2v) is 7.09. The molecule has 1 aliphatic heterocycles. The summed E-state index contributed by atoms with van der Waals surface area (Å²) in [5.41, 5.74) is 0.102. The molecule has 0 spiro atoms. The highest BCUT2D eigenvalue weighted by atomic mass is 35.5. The summed E-state index contributed by atoms with van der Waals surface area (Å²) in [6, 6.07) is 2.50. The highest BCUT2D eigenvalue weighted by Crippen LogP contribution is 2.28. The Morgan fingerprint density at radius 1 is 1.21 bits per heavy atom. The molecular weight excluding hydrogens is 312 g/mol. The maximum atomic E-state index is 14.2. The van der Waals surface area contributed by atoms with E-state index in [2.05, 4.69) is 0 Å². The Balaban J connectivity index is 2.47. The average Bonchev–Trinajstić information content (AvgIpc) is 2.41. The van der Waals surface area contributed by atoms with Gasteiger partial charge in [-0.25, -0.2) is 12.8 Å². The monoisotopic (exact) mass is 325 g/mol. The van der Waals surface area contributed by atoms with Gasteiger partial charge in [0.1, 0.15) is 10.7 Å². The Labute approximate surface area is 122 Å². The van der Waals surface area contributed by atoms with Gasteiger partial charge in [0.05, 0.1) is 5.88 Å². The van der Waals surface area contributed by atoms with Crippen LogP contribution in [0.1, 0.15) is 24.8 Å². The van der Waals surface area contributed by atoms with Gasteiger partial charge in [0.15, 0.2) is 0 Å². The van der Waals surface area contributed by atoms with Crippen molar-refractivity contribution in [2.24, 2.45) is 0 Å². The molecule has 19 heavy (non-hydrogen) atoms. The van der Waals surface area contributed by atoms with E-state index >= 15 is 0 Å². The lowest BCUT2D eigenvalue weighted by Crippen LogP contribution is -2.36. The molecule has 1 saturated heterocycles. The second-order valence-electron chi connectivity index (χ2n) is 4.48. The maximum Gasteiger partial charge on any atom is 0.246 e. The molecule has 1 fully saturated rings. The lowest BCUT2D eigenvalue weighted by Gasteiger charge is -2.26. The van der Waals surface area contributed by atoms with Gasteiger partial charge in [-0.1, -0.05) is 18.0 Å². The minimum Gasteiger partial charge on any atom is -0.207 e. The third kappa shape index (κ3) is 3.05. The van der Waals surface area contributed by atoms with Crippen molar-refractivity contribution in [2.75, 3.05) is 13.1 Å². The molecule has 0 bridgehead atoms. The van der Waals surface area contributed by atoms with Crippen molar-refractivity contribution in [3.63, 3.8) is 0 Å². The quantitative estimate of drug-likeness (QED) is 0.799. The molecule has 2 rings (SSSR count). The van der Waals surface area contributed by atoms with Crippen LogP contribution in [0.3, 0.4) is 0 Å². The Bertz CT molecular complexity index is 571. The number of alkyl halides is 1. The Hall–Kier alpha value is -0.360. The molecule has 0 unspecified atom stereocenters. The first-order chi connectivity index (χ1) is 8.96. The summed E-state index contributed by atoms with van der Waals surface area (Å²) in [6.07, 6.45) is 2.59. The SMILES string of the molecule is O=S(=O)(c1cc(Cl)cc(CCl)c1F)N1CCCCC1. The molecule has 1 aliphatic rings. The third-order valence-corrected chi connectivity index (χ3v) is 5.56. The fraction of sp³-hybridized carbons (Fsp3) is 0.500. The van der Waals surface area contributed by atoms with Crippen molar-refractivity contribution in [2.45, 2.75) is 30.0 Å². The molecule has 0 amide bonds. The summed E-state index contributed by atoms with van der Waals surface area (Å²) in [4.78, 5) is -0.377. The van der Waals surface area contributed by atoms with Gasteiger partial charge < -0.3 is 0 Å². The zero-order valence-corrected chi connectivity index (χ0v) is 12.5. The van der Waals surface area contributed by atoms with Gasteiger partial charge in [0.2, 0.25) is 10.0 Å². The fourth-order valence-corrected chi connectivity index (χ4v) is 4.30. The first kappa shape index (κ1) is 15.0. The van der Waals surface area contributed by atoms with Crippen LogP contribution < -0.4 is 0 Å². The van der Waals surface area contributed by atoms with Crippen LogP contribution in [0.2, 0.25) is 5.02 Å². The van der Waals surface area contributed by atoms with Crippen molar-refractivity contribution < 1.29 is 12.8 Å². The molecule has 0 N–H and O–H groups in total. The molecule has 3 nitrogen and oxygen atoms in total. The van der Waals surface area contributed by atoms with E-state index in [9.17, 15) is 12.8 Å². The molecule has 1 aromatic rings. The van der Waals surface area contributed by atoms with Crippen molar-refractivity contribution in [3.8, 4) is 0 Å². The van der Waals surface area contributed by atoms with Crippen molar-refractivity contribution in [1.82, 2.24) is 4.31 Å². The first-order valence-electron chi connectivity index (χ1n) is 6.01. The second kappa shape index (κ2) is 5.95. The zero-order chi connectivity index (χ0) is 14.0. The van der Waals surface area contributed by atoms with Gasteiger partial charge in [-0.2, -0.15) is 4.31 Å². The topological polar surface area (TPSA) is 37.4 Å². The molecular formula is C12H14Cl2FNO2S. The van der Waals surface area contributed by atoms with Gasteiger partial charge in [0.25, 0.3) is 0 Å². The number of halogens is 3. The molecule has 106 valence electrons. The number of hydrogen-bond donors (Lipinski definition) is 0. The van der Waals surface area contributed by atoms with E-state index in [0.29, 0.717) is 13.1 Å². The van der Waals surface area contributed by atoms with E-state index in [4.69, 9.17) is 23.2 Å². The molecule has 1 aromatic carbocycles. The van der Waals surface area contributed by atoms with E-state index in [-0.39, 0.29) is 21.4 Å². The summed E-state index contributed by atoms with van der Waals surface area (Å²) >= 11 is 11.4. The lowest BCUT2D eigenvalue weighted by molar-refractivity contribution is 0.345. The molecule has 0 saturated carbocycles. The van der Waals surface area contributed by atoms with Gasteiger partial charge in [-0.15, -0.1) is 11.6 Å². The molecule has 0 aliphatic carbocycles. The molecule has 0 radical (unpaired) electrons. The summed E-state index contributed by atoms with van der Waals surface area (Å²) < 4.78 is 40.3. The summed E-state index contributed by atoms with van der Waals surface area (Å²) in [5.74, 6) is -0.917. The number of benzene rings is 1. The summed E-state index contributed by atoms with van der Waals surface area (Å²) in [6.45, 7) is 0.842. The third-order valence-electron chi connectivity index (χ3n) is 3.16. The lowest BCUT2D eigenvalue weighted by atomic mass is 10.2. The van der Waals surface area contributed by atoms with Crippen LogP contribution in [0.5, 0.6) is 0 Å². The van der Waals surface area contributed by atoms with Gasteiger partial charge in [-0.3, -0.25) is 0 Å². The fourth-order valence-electron chi connectivity index (χ4n) is 2.15. The van der Waals surface area contributed by atoms with Gasteiger partial charge in [-0.05, 0) is 25.0 Å². The highest BCUT2D eigenvalue weighted by molar-refractivity contribution is 7.89. The van der Waals surface area contributed by atoms with Crippen LogP contribution in [0.25, 0.3) is 0 Å². The number of rotatable bonds is 3. The predicted molar refractivity (Wildman–Crippen MR) is 73.6 cm³/mol. The minimum atomic E-state index is -3.83. The smallest absolute Gasteiger partial charge is 0.207 e. The van der Waals surface area contributed by atoms with Crippen molar-refractivity contribution in [3.05, 3.63) is 28.5 Å². The Morgan fingerprint density at radius 2 is 1.84 bits per heavy atom. The Kier molecular flexibility index (Phi) is 4.71. The van der Waals surface area contributed by atoms with Crippen molar-refractivity contribution in [1.29, 1.82) is 0 Å². The first-order valence-corrected chi connectivity index (χ1v) is 8.36. The summed E-state index contributed by atoms with van der Waals surface area (Å²) in [7, 11) is -3.83. The van der Waals surface area contributed by atoms with Crippen LogP contribution in [-0.4, -0.2) is 25.8 Å².